The molecular formula is C17H24N2O5S2. The largest absolute Gasteiger partial charge is 0.377 e. The van der Waals surface area contributed by atoms with Crippen molar-refractivity contribution in [1.82, 2.24) is 9.62 Å². The summed E-state index contributed by atoms with van der Waals surface area (Å²) in [6, 6.07) is 3.90. The molecule has 26 heavy (non-hydrogen) atoms. The molecule has 0 aliphatic carbocycles. The summed E-state index contributed by atoms with van der Waals surface area (Å²) < 4.78 is 36.8. The first-order chi connectivity index (χ1) is 12.4. The van der Waals surface area contributed by atoms with E-state index in [2.05, 4.69) is 4.72 Å². The molecule has 0 unspecified atom stereocenters. The lowest BCUT2D eigenvalue weighted by atomic mass is 10.00. The van der Waals surface area contributed by atoms with Crippen molar-refractivity contribution in [2.45, 2.75) is 24.5 Å². The van der Waals surface area contributed by atoms with Crippen LogP contribution in [0.5, 0.6) is 0 Å². The number of rotatable bonds is 5. The number of carbonyl (C=O) groups excluding carboxylic acids is 1. The Hall–Kier alpha value is -1.26. The number of nitrogens with one attached hydrogen (secondary N) is 1. The average molecular weight is 401 g/mol. The number of carbonyl (C=O) groups is 1. The SMILES string of the molecule is CS(=O)(=O)NC[C@@H]1CC[C@@]2(COCCN(C(=O)/C=C/c3cccs3)C2)O1. The average Bonchev–Trinajstić information content (AvgIpc) is 3.18. The van der Waals surface area contributed by atoms with E-state index >= 15 is 0 Å². The van der Waals surface area contributed by atoms with Gasteiger partial charge in [0.2, 0.25) is 15.9 Å². The maximum absolute atomic E-state index is 12.6. The van der Waals surface area contributed by atoms with Crippen molar-refractivity contribution in [1.29, 1.82) is 0 Å². The molecule has 2 atom stereocenters. The number of hydrogen-bond acceptors (Lipinski definition) is 6. The van der Waals surface area contributed by atoms with Crippen molar-refractivity contribution in [3.8, 4) is 0 Å². The fourth-order valence-electron chi connectivity index (χ4n) is 3.24. The zero-order valence-corrected chi connectivity index (χ0v) is 16.4. The van der Waals surface area contributed by atoms with Crippen molar-refractivity contribution in [3.63, 3.8) is 0 Å². The van der Waals surface area contributed by atoms with E-state index < -0.39 is 15.6 Å². The molecule has 1 aromatic rings. The van der Waals surface area contributed by atoms with Gasteiger partial charge in [0.1, 0.15) is 5.60 Å². The second-order valence-corrected chi connectivity index (χ2v) is 9.56. The van der Waals surface area contributed by atoms with Crippen LogP contribution in [-0.2, 0) is 24.3 Å². The van der Waals surface area contributed by atoms with Gasteiger partial charge in [-0.1, -0.05) is 6.07 Å². The van der Waals surface area contributed by atoms with E-state index in [1.807, 2.05) is 23.6 Å². The normalized spacial score (nSPS) is 27.3. The molecule has 3 rings (SSSR count). The Morgan fingerprint density at radius 1 is 1.54 bits per heavy atom. The molecule has 0 radical (unpaired) electrons. The second-order valence-electron chi connectivity index (χ2n) is 6.74. The van der Waals surface area contributed by atoms with Crippen LogP contribution in [0.3, 0.4) is 0 Å². The Morgan fingerprint density at radius 3 is 3.12 bits per heavy atom. The minimum Gasteiger partial charge on any atom is -0.377 e. The van der Waals surface area contributed by atoms with Gasteiger partial charge in [-0.3, -0.25) is 4.79 Å². The standard InChI is InChI=1S/C17H24N2O5S2/c1-26(21,22)18-11-14-6-7-17(24-14)12-19(8-9-23-13-17)16(20)5-4-15-3-2-10-25-15/h2-5,10,14,18H,6-9,11-13H2,1H3/b5-4+/t14-,17+/m0/s1. The molecule has 2 aliphatic heterocycles. The monoisotopic (exact) mass is 400 g/mol. The van der Waals surface area contributed by atoms with Crippen LogP contribution in [0.15, 0.2) is 23.6 Å². The van der Waals surface area contributed by atoms with Gasteiger partial charge in [-0.2, -0.15) is 0 Å². The molecule has 7 nitrogen and oxygen atoms in total. The van der Waals surface area contributed by atoms with Crippen LogP contribution in [0.1, 0.15) is 17.7 Å². The Bertz CT molecular complexity index is 747. The first-order valence-corrected chi connectivity index (χ1v) is 11.3. The fourth-order valence-corrected chi connectivity index (χ4v) is 4.35. The van der Waals surface area contributed by atoms with Crippen molar-refractivity contribution >= 4 is 33.3 Å². The third-order valence-corrected chi connectivity index (χ3v) is 6.04. The minimum absolute atomic E-state index is 0.0652. The molecule has 1 amide bonds. The van der Waals surface area contributed by atoms with Crippen LogP contribution in [0, 0.1) is 0 Å². The number of amides is 1. The van der Waals surface area contributed by atoms with E-state index in [-0.39, 0.29) is 18.6 Å². The number of thiophene rings is 1. The molecule has 0 saturated carbocycles. The van der Waals surface area contributed by atoms with E-state index in [4.69, 9.17) is 9.47 Å². The predicted molar refractivity (Wildman–Crippen MR) is 100 cm³/mol. The van der Waals surface area contributed by atoms with Gasteiger partial charge in [0.15, 0.2) is 0 Å². The highest BCUT2D eigenvalue weighted by molar-refractivity contribution is 7.88. The minimum atomic E-state index is -3.25. The van der Waals surface area contributed by atoms with E-state index in [1.165, 1.54) is 0 Å². The number of nitrogens with zero attached hydrogens (tertiary/aromatic N) is 1. The van der Waals surface area contributed by atoms with Gasteiger partial charge in [0.05, 0.1) is 32.1 Å². The van der Waals surface area contributed by atoms with Crippen LogP contribution in [-0.4, -0.2) is 70.0 Å². The van der Waals surface area contributed by atoms with Crippen LogP contribution in [0.25, 0.3) is 6.08 Å². The molecule has 2 saturated heterocycles. The summed E-state index contributed by atoms with van der Waals surface area (Å²) in [5.41, 5.74) is -0.563. The summed E-state index contributed by atoms with van der Waals surface area (Å²) in [6.07, 6.45) is 5.81. The summed E-state index contributed by atoms with van der Waals surface area (Å²) in [6.45, 7) is 2.10. The Labute approximate surface area is 158 Å². The third kappa shape index (κ3) is 5.37. The molecular weight excluding hydrogens is 376 g/mol. The lowest BCUT2D eigenvalue weighted by Crippen LogP contribution is -2.47. The molecule has 0 bridgehead atoms. The summed E-state index contributed by atoms with van der Waals surface area (Å²) in [7, 11) is -3.25. The van der Waals surface area contributed by atoms with Crippen LogP contribution in [0.4, 0.5) is 0 Å². The molecule has 1 N–H and O–H groups in total. The molecule has 3 heterocycles. The van der Waals surface area contributed by atoms with Gasteiger partial charge < -0.3 is 14.4 Å². The zero-order valence-electron chi connectivity index (χ0n) is 14.7. The topological polar surface area (TPSA) is 84.9 Å². The van der Waals surface area contributed by atoms with Gasteiger partial charge in [-0.15, -0.1) is 11.3 Å². The molecule has 2 fully saturated rings. The van der Waals surface area contributed by atoms with Crippen molar-refractivity contribution in [2.75, 3.05) is 39.1 Å². The summed E-state index contributed by atoms with van der Waals surface area (Å²) >= 11 is 1.58. The predicted octanol–water partition coefficient (Wildman–Crippen LogP) is 1.09. The molecule has 2 aliphatic rings. The summed E-state index contributed by atoms with van der Waals surface area (Å²) in [5, 5.41) is 1.97. The first-order valence-electron chi connectivity index (χ1n) is 8.56. The smallest absolute Gasteiger partial charge is 0.246 e. The molecule has 0 aromatic carbocycles. The van der Waals surface area contributed by atoms with Crippen molar-refractivity contribution < 1.29 is 22.7 Å². The third-order valence-electron chi connectivity index (χ3n) is 4.51. The molecule has 9 heteroatoms. The molecule has 1 spiro atoms. The Morgan fingerprint density at radius 2 is 2.38 bits per heavy atom. The Balaban J connectivity index is 1.61. The summed E-state index contributed by atoms with van der Waals surface area (Å²) in [4.78, 5) is 15.3. The quantitative estimate of drug-likeness (QED) is 0.748. The molecule has 1 aromatic heterocycles. The van der Waals surface area contributed by atoms with E-state index in [9.17, 15) is 13.2 Å². The second kappa shape index (κ2) is 8.18. The highest BCUT2D eigenvalue weighted by Gasteiger charge is 2.43. The lowest BCUT2D eigenvalue weighted by molar-refractivity contribution is -0.130. The van der Waals surface area contributed by atoms with Gasteiger partial charge >= 0.3 is 0 Å². The Kier molecular flexibility index (Phi) is 6.13. The highest BCUT2D eigenvalue weighted by atomic mass is 32.2. The van der Waals surface area contributed by atoms with E-state index in [0.717, 1.165) is 24.0 Å². The number of ether oxygens (including phenoxy) is 2. The van der Waals surface area contributed by atoms with E-state index in [0.29, 0.717) is 26.3 Å². The van der Waals surface area contributed by atoms with Crippen LogP contribution < -0.4 is 4.72 Å². The van der Waals surface area contributed by atoms with Crippen LogP contribution in [0.2, 0.25) is 0 Å². The van der Waals surface area contributed by atoms with Crippen LogP contribution >= 0.6 is 11.3 Å². The van der Waals surface area contributed by atoms with E-state index in [1.54, 1.807) is 22.3 Å². The highest BCUT2D eigenvalue weighted by Crippen LogP contribution is 2.33. The lowest BCUT2D eigenvalue weighted by Gasteiger charge is -2.31. The molecule has 144 valence electrons. The van der Waals surface area contributed by atoms with Crippen molar-refractivity contribution in [3.05, 3.63) is 28.5 Å². The first kappa shape index (κ1) is 19.5. The van der Waals surface area contributed by atoms with Gasteiger partial charge in [-0.25, -0.2) is 13.1 Å². The maximum Gasteiger partial charge on any atom is 0.246 e. The van der Waals surface area contributed by atoms with Gasteiger partial charge in [-0.05, 0) is 30.4 Å². The maximum atomic E-state index is 12.6. The van der Waals surface area contributed by atoms with Gasteiger partial charge in [0, 0.05) is 24.0 Å². The van der Waals surface area contributed by atoms with Gasteiger partial charge in [0.25, 0.3) is 0 Å². The zero-order chi connectivity index (χ0) is 18.6. The fraction of sp³-hybridized carbons (Fsp3) is 0.588. The number of hydrogen-bond donors (Lipinski definition) is 1. The summed E-state index contributed by atoms with van der Waals surface area (Å²) in [5.74, 6) is -0.0652. The number of sulfonamides is 1. The van der Waals surface area contributed by atoms with Crippen molar-refractivity contribution in [2.24, 2.45) is 0 Å².